The smallest absolute Gasteiger partial charge is 0.252 e. The van der Waals surface area contributed by atoms with Crippen LogP contribution in [0.4, 0.5) is 5.69 Å². The van der Waals surface area contributed by atoms with Crippen molar-refractivity contribution < 1.29 is 9.90 Å². The number of nitrogens with zero attached hydrogens (tertiary/aromatic N) is 2. The lowest BCUT2D eigenvalue weighted by atomic mass is 10.2. The molecule has 0 aliphatic heterocycles. The lowest BCUT2D eigenvalue weighted by Gasteiger charge is -2.12. The van der Waals surface area contributed by atoms with E-state index in [4.69, 9.17) is 0 Å². The van der Waals surface area contributed by atoms with Crippen molar-refractivity contribution >= 4 is 22.5 Å². The summed E-state index contributed by atoms with van der Waals surface area (Å²) < 4.78 is 2.16. The quantitative estimate of drug-likeness (QED) is 0.870. The summed E-state index contributed by atoms with van der Waals surface area (Å²) in [7, 11) is 4.08. The summed E-state index contributed by atoms with van der Waals surface area (Å²) in [4.78, 5) is 13.6. The average molecular weight is 275 g/mol. The van der Waals surface area contributed by atoms with E-state index in [-0.39, 0.29) is 0 Å². The maximum absolute atomic E-state index is 11.5. The van der Waals surface area contributed by atoms with Crippen molar-refractivity contribution in [1.82, 2.24) is 9.47 Å². The molecule has 0 saturated heterocycles. The molecule has 1 unspecified atom stereocenters. The van der Waals surface area contributed by atoms with Gasteiger partial charge in [0.1, 0.15) is 6.10 Å². The van der Waals surface area contributed by atoms with Crippen LogP contribution in [0.15, 0.2) is 30.5 Å². The van der Waals surface area contributed by atoms with E-state index < -0.39 is 12.0 Å². The molecule has 5 nitrogen and oxygen atoms in total. The molecular formula is C15H21N3O2. The number of fused-ring (bicyclic) bond motifs is 1. The minimum absolute atomic E-state index is 0.393. The maximum atomic E-state index is 11.5. The molecule has 1 heterocycles. The monoisotopic (exact) mass is 275 g/mol. The van der Waals surface area contributed by atoms with Crippen molar-refractivity contribution in [1.29, 1.82) is 0 Å². The van der Waals surface area contributed by atoms with E-state index in [0.717, 1.165) is 24.0 Å². The Morgan fingerprint density at radius 1 is 1.40 bits per heavy atom. The molecule has 2 N–H and O–H groups in total. The number of likely N-dealkylation sites (N-methyl/N-ethyl adjacent to an activating group) is 1. The van der Waals surface area contributed by atoms with E-state index in [1.54, 1.807) is 0 Å². The second-order valence-electron chi connectivity index (χ2n) is 5.25. The van der Waals surface area contributed by atoms with Crippen LogP contribution in [0.3, 0.4) is 0 Å². The Morgan fingerprint density at radius 3 is 2.80 bits per heavy atom. The number of aliphatic hydroxyl groups is 1. The van der Waals surface area contributed by atoms with Crippen molar-refractivity contribution in [2.45, 2.75) is 19.6 Å². The standard InChI is InChI=1S/C15H21N3O2/c1-11(19)15(20)16-13-5-4-12-6-7-18(14(12)10-13)9-8-17(2)3/h4-7,10-11,19H,8-9H2,1-3H3,(H,16,20). The van der Waals surface area contributed by atoms with E-state index in [9.17, 15) is 9.90 Å². The molecule has 1 aromatic heterocycles. The Hall–Kier alpha value is -1.85. The second-order valence-corrected chi connectivity index (χ2v) is 5.25. The van der Waals surface area contributed by atoms with Crippen LogP contribution in [0, 0.1) is 0 Å². The van der Waals surface area contributed by atoms with Gasteiger partial charge in [0.15, 0.2) is 0 Å². The number of benzene rings is 1. The molecule has 0 radical (unpaired) electrons. The molecule has 1 amide bonds. The SMILES string of the molecule is CC(O)C(=O)Nc1ccc2ccn(CCN(C)C)c2c1. The molecule has 20 heavy (non-hydrogen) atoms. The zero-order valence-electron chi connectivity index (χ0n) is 12.1. The molecule has 108 valence electrons. The number of aliphatic hydroxyl groups excluding tert-OH is 1. The highest BCUT2D eigenvalue weighted by atomic mass is 16.3. The normalized spacial score (nSPS) is 12.8. The van der Waals surface area contributed by atoms with Crippen molar-refractivity contribution in [2.24, 2.45) is 0 Å². The van der Waals surface area contributed by atoms with Crippen molar-refractivity contribution in [3.63, 3.8) is 0 Å². The molecular weight excluding hydrogens is 254 g/mol. The van der Waals surface area contributed by atoms with E-state index in [0.29, 0.717) is 5.69 Å². The van der Waals surface area contributed by atoms with Gasteiger partial charge >= 0.3 is 0 Å². The van der Waals surface area contributed by atoms with Gasteiger partial charge in [-0.15, -0.1) is 0 Å². The number of carbonyl (C=O) groups excluding carboxylic acids is 1. The number of anilines is 1. The Morgan fingerprint density at radius 2 is 2.15 bits per heavy atom. The molecule has 0 saturated carbocycles. The summed E-state index contributed by atoms with van der Waals surface area (Å²) >= 11 is 0. The van der Waals surface area contributed by atoms with E-state index in [1.807, 2.05) is 32.3 Å². The lowest BCUT2D eigenvalue weighted by Crippen LogP contribution is -2.24. The first-order valence-corrected chi connectivity index (χ1v) is 6.70. The first-order chi connectivity index (χ1) is 9.47. The summed E-state index contributed by atoms with van der Waals surface area (Å²) in [5, 5.41) is 13.1. The zero-order valence-corrected chi connectivity index (χ0v) is 12.1. The fraction of sp³-hybridized carbons (Fsp3) is 0.400. The number of nitrogens with one attached hydrogen (secondary N) is 1. The van der Waals surface area contributed by atoms with Crippen LogP contribution in [-0.2, 0) is 11.3 Å². The summed E-state index contributed by atoms with van der Waals surface area (Å²) in [6.45, 7) is 3.30. The fourth-order valence-electron chi connectivity index (χ4n) is 2.01. The van der Waals surface area contributed by atoms with Crippen LogP contribution in [0.5, 0.6) is 0 Å². The van der Waals surface area contributed by atoms with Gasteiger partial charge in [-0.1, -0.05) is 6.07 Å². The van der Waals surface area contributed by atoms with E-state index >= 15 is 0 Å². The van der Waals surface area contributed by atoms with Gasteiger partial charge in [0.05, 0.1) is 5.52 Å². The first kappa shape index (κ1) is 14.6. The Labute approximate surface area is 118 Å². The summed E-state index contributed by atoms with van der Waals surface area (Å²) in [6.07, 6.45) is 1.04. The minimum atomic E-state index is -1.01. The van der Waals surface area contributed by atoms with Crippen LogP contribution in [0.2, 0.25) is 0 Å². The van der Waals surface area contributed by atoms with Crippen LogP contribution >= 0.6 is 0 Å². The number of carbonyl (C=O) groups is 1. The predicted molar refractivity (Wildman–Crippen MR) is 80.8 cm³/mol. The van der Waals surface area contributed by atoms with Gasteiger partial charge in [-0.25, -0.2) is 0 Å². The summed E-state index contributed by atoms with van der Waals surface area (Å²) in [6, 6.07) is 7.81. The molecule has 0 fully saturated rings. The molecule has 5 heteroatoms. The van der Waals surface area contributed by atoms with Gasteiger partial charge in [0.25, 0.3) is 5.91 Å². The topological polar surface area (TPSA) is 57.5 Å². The highest BCUT2D eigenvalue weighted by Gasteiger charge is 2.10. The molecule has 0 aliphatic carbocycles. The third kappa shape index (κ3) is 3.37. The van der Waals surface area contributed by atoms with Crippen LogP contribution in [0.25, 0.3) is 10.9 Å². The zero-order chi connectivity index (χ0) is 14.7. The van der Waals surface area contributed by atoms with Crippen molar-refractivity contribution in [3.05, 3.63) is 30.5 Å². The van der Waals surface area contributed by atoms with Gasteiger partial charge < -0.3 is 19.9 Å². The molecule has 2 aromatic rings. The number of rotatable bonds is 5. The second kappa shape index (κ2) is 6.07. The highest BCUT2D eigenvalue weighted by molar-refractivity contribution is 5.95. The number of hydrogen-bond donors (Lipinski definition) is 2. The molecule has 0 bridgehead atoms. The fourth-order valence-corrected chi connectivity index (χ4v) is 2.01. The molecule has 1 aromatic carbocycles. The predicted octanol–water partition coefficient (Wildman–Crippen LogP) is 1.52. The Balaban J connectivity index is 2.22. The maximum Gasteiger partial charge on any atom is 0.252 e. The van der Waals surface area contributed by atoms with Gasteiger partial charge in [-0.3, -0.25) is 4.79 Å². The highest BCUT2D eigenvalue weighted by Crippen LogP contribution is 2.20. The summed E-state index contributed by atoms with van der Waals surface area (Å²) in [5.41, 5.74) is 1.78. The number of amides is 1. The average Bonchev–Trinajstić information content (AvgIpc) is 2.78. The number of hydrogen-bond acceptors (Lipinski definition) is 3. The van der Waals surface area contributed by atoms with Gasteiger partial charge in [-0.2, -0.15) is 0 Å². The first-order valence-electron chi connectivity index (χ1n) is 6.70. The molecule has 0 aliphatic rings. The van der Waals surface area contributed by atoms with Gasteiger partial charge in [0, 0.05) is 25.0 Å². The van der Waals surface area contributed by atoms with Crippen molar-refractivity contribution in [3.8, 4) is 0 Å². The van der Waals surface area contributed by atoms with Gasteiger partial charge in [-0.05, 0) is 44.6 Å². The largest absolute Gasteiger partial charge is 0.384 e. The van der Waals surface area contributed by atoms with E-state index in [2.05, 4.69) is 27.0 Å². The third-order valence-electron chi connectivity index (χ3n) is 3.21. The van der Waals surface area contributed by atoms with Crippen LogP contribution in [-0.4, -0.2) is 47.2 Å². The minimum Gasteiger partial charge on any atom is -0.384 e. The van der Waals surface area contributed by atoms with Gasteiger partial charge in [0.2, 0.25) is 0 Å². The Kier molecular flexibility index (Phi) is 4.42. The molecule has 2 rings (SSSR count). The van der Waals surface area contributed by atoms with E-state index in [1.165, 1.54) is 6.92 Å². The number of aromatic nitrogens is 1. The lowest BCUT2D eigenvalue weighted by molar-refractivity contribution is -0.123. The summed E-state index contributed by atoms with van der Waals surface area (Å²) in [5.74, 6) is -0.393. The third-order valence-corrected chi connectivity index (χ3v) is 3.21. The molecule has 1 atom stereocenters. The Bertz CT molecular complexity index is 602. The van der Waals surface area contributed by atoms with Crippen LogP contribution in [0.1, 0.15) is 6.92 Å². The van der Waals surface area contributed by atoms with Crippen molar-refractivity contribution in [2.75, 3.05) is 26.0 Å². The van der Waals surface area contributed by atoms with Crippen LogP contribution < -0.4 is 5.32 Å². The molecule has 0 spiro atoms.